The highest BCUT2D eigenvalue weighted by molar-refractivity contribution is 14.1. The summed E-state index contributed by atoms with van der Waals surface area (Å²) in [6.07, 6.45) is -3.74. The molecule has 0 atom stereocenters. The minimum Gasteiger partial charge on any atom is -0.352 e. The lowest BCUT2D eigenvalue weighted by molar-refractivity contribution is -0.126. The molecule has 4 heterocycles. The number of rotatable bonds is 3. The Labute approximate surface area is 174 Å². The van der Waals surface area contributed by atoms with Gasteiger partial charge in [-0.1, -0.05) is 11.3 Å². The van der Waals surface area contributed by atoms with Crippen LogP contribution < -0.4 is 9.80 Å². The predicted molar refractivity (Wildman–Crippen MR) is 109 cm³/mol. The van der Waals surface area contributed by atoms with Gasteiger partial charge in [-0.05, 0) is 29.5 Å². The number of aryl methyl sites for hydroxylation is 1. The first-order chi connectivity index (χ1) is 12.8. The Balaban J connectivity index is 1.59. The Morgan fingerprint density at radius 3 is 2.41 bits per heavy atom. The first-order valence-electron chi connectivity index (χ1n) is 8.10. The van der Waals surface area contributed by atoms with Gasteiger partial charge in [0.15, 0.2) is 0 Å². The van der Waals surface area contributed by atoms with E-state index in [1.807, 2.05) is 29.5 Å². The molecule has 4 rings (SSSR count). The van der Waals surface area contributed by atoms with Crippen molar-refractivity contribution in [1.29, 1.82) is 0 Å². The third kappa shape index (κ3) is 3.97. The number of thiophene rings is 1. The van der Waals surface area contributed by atoms with Gasteiger partial charge in [-0.25, -0.2) is 9.97 Å². The number of anilines is 2. The average molecular weight is 526 g/mol. The maximum absolute atomic E-state index is 12.9. The van der Waals surface area contributed by atoms with Crippen LogP contribution in [0.4, 0.5) is 24.1 Å². The summed E-state index contributed by atoms with van der Waals surface area (Å²) in [5, 5.41) is 10.8. The lowest BCUT2D eigenvalue weighted by Gasteiger charge is -2.35. The third-order valence-corrected chi connectivity index (χ3v) is 7.76. The fourth-order valence-corrected chi connectivity index (χ4v) is 5.99. The standard InChI is InChI=1S/C15H14F3IN6S2/c1-8-22-23-14(26-8)25-4-2-24(3-5-25)12-10-11(19)9(6-15(16,17)18)27-13(10)21-7-20-12/h7H,2-6H2,1H3. The van der Waals surface area contributed by atoms with E-state index in [0.29, 0.717) is 32.2 Å². The van der Waals surface area contributed by atoms with E-state index in [0.717, 1.165) is 40.0 Å². The van der Waals surface area contributed by atoms with Gasteiger partial charge in [-0.15, -0.1) is 21.5 Å². The van der Waals surface area contributed by atoms with E-state index in [1.165, 1.54) is 6.33 Å². The smallest absolute Gasteiger partial charge is 0.352 e. The first kappa shape index (κ1) is 19.1. The Bertz CT molecular complexity index is 964. The highest BCUT2D eigenvalue weighted by Crippen LogP contribution is 2.39. The number of piperazine rings is 1. The van der Waals surface area contributed by atoms with Crippen molar-refractivity contribution in [3.63, 3.8) is 0 Å². The monoisotopic (exact) mass is 526 g/mol. The van der Waals surface area contributed by atoms with E-state index in [-0.39, 0.29) is 0 Å². The molecule has 0 spiro atoms. The van der Waals surface area contributed by atoms with E-state index in [2.05, 4.69) is 30.0 Å². The van der Waals surface area contributed by atoms with Gasteiger partial charge in [-0.2, -0.15) is 13.2 Å². The normalized spacial score (nSPS) is 15.7. The number of halogens is 4. The van der Waals surface area contributed by atoms with Crippen LogP contribution in [0.5, 0.6) is 0 Å². The largest absolute Gasteiger partial charge is 0.393 e. The summed E-state index contributed by atoms with van der Waals surface area (Å²) in [6, 6.07) is 0. The van der Waals surface area contributed by atoms with Crippen LogP contribution in [-0.4, -0.2) is 52.5 Å². The Kier molecular flexibility index (Phi) is 5.14. The molecule has 1 aliphatic rings. The fraction of sp³-hybridized carbons (Fsp3) is 0.467. The molecular formula is C15H14F3IN6S2. The topological polar surface area (TPSA) is 58.0 Å². The summed E-state index contributed by atoms with van der Waals surface area (Å²) in [4.78, 5) is 13.8. The van der Waals surface area contributed by atoms with Crippen molar-refractivity contribution in [2.45, 2.75) is 19.5 Å². The molecule has 0 unspecified atom stereocenters. The predicted octanol–water partition coefficient (Wildman–Crippen LogP) is 3.89. The summed E-state index contributed by atoms with van der Waals surface area (Å²) in [7, 11) is 0. The highest BCUT2D eigenvalue weighted by Gasteiger charge is 2.32. The van der Waals surface area contributed by atoms with Gasteiger partial charge in [0.1, 0.15) is 22.0 Å². The van der Waals surface area contributed by atoms with Crippen molar-refractivity contribution >= 4 is 66.4 Å². The van der Waals surface area contributed by atoms with Gasteiger partial charge in [0.05, 0.1) is 11.8 Å². The van der Waals surface area contributed by atoms with E-state index < -0.39 is 12.6 Å². The Morgan fingerprint density at radius 1 is 1.07 bits per heavy atom. The lowest BCUT2D eigenvalue weighted by atomic mass is 10.2. The zero-order valence-corrected chi connectivity index (χ0v) is 17.9. The number of hydrogen-bond acceptors (Lipinski definition) is 8. The van der Waals surface area contributed by atoms with E-state index in [9.17, 15) is 13.2 Å². The van der Waals surface area contributed by atoms with Crippen molar-refractivity contribution in [2.24, 2.45) is 0 Å². The number of aromatic nitrogens is 4. The molecule has 0 saturated carbocycles. The van der Waals surface area contributed by atoms with Gasteiger partial charge in [0.25, 0.3) is 0 Å². The van der Waals surface area contributed by atoms with Gasteiger partial charge in [0, 0.05) is 34.6 Å². The van der Waals surface area contributed by atoms with E-state index in [1.54, 1.807) is 11.3 Å². The van der Waals surface area contributed by atoms with Crippen LogP contribution in [0, 0.1) is 10.5 Å². The Hall–Kier alpha value is -1.28. The quantitative estimate of drug-likeness (QED) is 0.483. The molecular weight excluding hydrogens is 512 g/mol. The van der Waals surface area contributed by atoms with Crippen LogP contribution in [0.15, 0.2) is 6.33 Å². The molecule has 0 amide bonds. The molecule has 3 aromatic rings. The summed E-state index contributed by atoms with van der Waals surface area (Å²) in [5.74, 6) is 0.710. The molecule has 144 valence electrons. The first-order valence-corrected chi connectivity index (χ1v) is 10.8. The second-order valence-electron chi connectivity index (χ2n) is 6.09. The van der Waals surface area contributed by atoms with Crippen molar-refractivity contribution in [3.05, 3.63) is 19.8 Å². The number of alkyl halides is 3. The zero-order chi connectivity index (χ0) is 19.2. The lowest BCUT2D eigenvalue weighted by Crippen LogP contribution is -2.47. The van der Waals surface area contributed by atoms with Gasteiger partial charge >= 0.3 is 6.18 Å². The molecule has 0 radical (unpaired) electrons. The third-order valence-electron chi connectivity index (χ3n) is 4.20. The summed E-state index contributed by atoms with van der Waals surface area (Å²) >= 11 is 4.64. The van der Waals surface area contributed by atoms with Gasteiger partial charge < -0.3 is 9.80 Å². The number of fused-ring (bicyclic) bond motifs is 1. The number of hydrogen-bond donors (Lipinski definition) is 0. The van der Waals surface area contributed by atoms with Crippen molar-refractivity contribution in [2.75, 3.05) is 36.0 Å². The van der Waals surface area contributed by atoms with Gasteiger partial charge in [-0.3, -0.25) is 0 Å². The highest BCUT2D eigenvalue weighted by atomic mass is 127. The van der Waals surface area contributed by atoms with Crippen LogP contribution >= 0.6 is 45.3 Å². The fourth-order valence-electron chi connectivity index (χ4n) is 2.99. The summed E-state index contributed by atoms with van der Waals surface area (Å²) < 4.78 is 39.2. The van der Waals surface area contributed by atoms with Crippen molar-refractivity contribution in [3.8, 4) is 0 Å². The molecule has 3 aromatic heterocycles. The molecule has 0 bridgehead atoms. The van der Waals surface area contributed by atoms with E-state index >= 15 is 0 Å². The van der Waals surface area contributed by atoms with E-state index in [4.69, 9.17) is 0 Å². The maximum atomic E-state index is 12.9. The molecule has 0 N–H and O–H groups in total. The summed E-state index contributed by atoms with van der Waals surface area (Å²) in [5.41, 5.74) is 0. The molecule has 1 aliphatic heterocycles. The average Bonchev–Trinajstić information content (AvgIpc) is 3.18. The molecule has 6 nitrogen and oxygen atoms in total. The SMILES string of the molecule is Cc1nnc(N2CCN(c3ncnc4sc(CC(F)(F)F)c(I)c34)CC2)s1. The van der Waals surface area contributed by atoms with Crippen LogP contribution in [0.25, 0.3) is 10.2 Å². The minimum atomic E-state index is -4.24. The second kappa shape index (κ2) is 7.28. The van der Waals surface area contributed by atoms with Crippen LogP contribution in [-0.2, 0) is 6.42 Å². The molecule has 12 heteroatoms. The van der Waals surface area contributed by atoms with Gasteiger partial charge in [0.2, 0.25) is 5.13 Å². The van der Waals surface area contributed by atoms with Crippen molar-refractivity contribution < 1.29 is 13.2 Å². The summed E-state index contributed by atoms with van der Waals surface area (Å²) in [6.45, 7) is 4.87. The molecule has 0 aromatic carbocycles. The number of nitrogens with zero attached hydrogens (tertiary/aromatic N) is 6. The van der Waals surface area contributed by atoms with Crippen LogP contribution in [0.3, 0.4) is 0 Å². The maximum Gasteiger partial charge on any atom is 0.393 e. The zero-order valence-electron chi connectivity index (χ0n) is 14.1. The molecule has 1 saturated heterocycles. The molecule has 27 heavy (non-hydrogen) atoms. The minimum absolute atomic E-state index is 0.294. The van der Waals surface area contributed by atoms with Crippen LogP contribution in [0.2, 0.25) is 0 Å². The second-order valence-corrected chi connectivity index (χ2v) is 9.41. The van der Waals surface area contributed by atoms with Crippen molar-refractivity contribution in [1.82, 2.24) is 20.2 Å². The molecule has 0 aliphatic carbocycles. The Morgan fingerprint density at radius 2 is 1.78 bits per heavy atom. The van der Waals surface area contributed by atoms with Crippen LogP contribution in [0.1, 0.15) is 9.88 Å². The molecule has 1 fully saturated rings.